The van der Waals surface area contributed by atoms with Gasteiger partial charge in [-0.25, -0.2) is 0 Å². The SMILES string of the molecule is C=CCCNC(CC)CSC. The third-order valence-corrected chi connectivity index (χ3v) is 2.38. The summed E-state index contributed by atoms with van der Waals surface area (Å²) in [4.78, 5) is 0. The summed E-state index contributed by atoms with van der Waals surface area (Å²) in [5.74, 6) is 1.22. The van der Waals surface area contributed by atoms with E-state index in [2.05, 4.69) is 25.1 Å². The summed E-state index contributed by atoms with van der Waals surface area (Å²) in [6.07, 6.45) is 6.40. The fraction of sp³-hybridized carbons (Fsp3) is 0.778. The van der Waals surface area contributed by atoms with E-state index in [0.29, 0.717) is 6.04 Å². The van der Waals surface area contributed by atoms with Crippen molar-refractivity contribution in [3.8, 4) is 0 Å². The molecular formula is C9H19NS. The second kappa shape index (κ2) is 8.15. The average Bonchev–Trinajstić information content (AvgIpc) is 2.03. The molecule has 1 nitrogen and oxygen atoms in total. The number of hydrogen-bond acceptors (Lipinski definition) is 2. The predicted octanol–water partition coefficient (Wildman–Crippen LogP) is 2.29. The molecule has 0 bridgehead atoms. The van der Waals surface area contributed by atoms with E-state index in [1.54, 1.807) is 0 Å². The van der Waals surface area contributed by atoms with Crippen LogP contribution in [-0.2, 0) is 0 Å². The molecule has 0 rings (SSSR count). The van der Waals surface area contributed by atoms with E-state index >= 15 is 0 Å². The largest absolute Gasteiger partial charge is 0.313 e. The second-order valence-electron chi connectivity index (χ2n) is 2.59. The Morgan fingerprint density at radius 1 is 1.64 bits per heavy atom. The van der Waals surface area contributed by atoms with Gasteiger partial charge in [0.1, 0.15) is 0 Å². The molecule has 1 unspecified atom stereocenters. The van der Waals surface area contributed by atoms with E-state index in [9.17, 15) is 0 Å². The zero-order valence-electron chi connectivity index (χ0n) is 7.60. The zero-order valence-corrected chi connectivity index (χ0v) is 8.41. The van der Waals surface area contributed by atoms with Gasteiger partial charge in [-0.1, -0.05) is 13.0 Å². The van der Waals surface area contributed by atoms with Gasteiger partial charge in [0.15, 0.2) is 0 Å². The minimum absolute atomic E-state index is 0.685. The van der Waals surface area contributed by atoms with Crippen LogP contribution in [0.1, 0.15) is 19.8 Å². The zero-order chi connectivity index (χ0) is 8.53. The number of nitrogens with one attached hydrogen (secondary N) is 1. The van der Waals surface area contributed by atoms with Gasteiger partial charge in [-0.2, -0.15) is 11.8 Å². The maximum Gasteiger partial charge on any atom is 0.0155 e. The van der Waals surface area contributed by atoms with Crippen LogP contribution in [0.2, 0.25) is 0 Å². The summed E-state index contributed by atoms with van der Waals surface area (Å²) in [5, 5.41) is 3.48. The molecule has 1 N–H and O–H groups in total. The molecule has 0 fully saturated rings. The first-order valence-electron chi connectivity index (χ1n) is 4.18. The van der Waals surface area contributed by atoms with E-state index in [0.717, 1.165) is 13.0 Å². The minimum Gasteiger partial charge on any atom is -0.313 e. The van der Waals surface area contributed by atoms with Crippen molar-refractivity contribution < 1.29 is 0 Å². The predicted molar refractivity (Wildman–Crippen MR) is 55.3 cm³/mol. The van der Waals surface area contributed by atoms with Gasteiger partial charge in [0.2, 0.25) is 0 Å². The highest BCUT2D eigenvalue weighted by Crippen LogP contribution is 2.00. The van der Waals surface area contributed by atoms with Crippen molar-refractivity contribution in [1.82, 2.24) is 5.32 Å². The fourth-order valence-electron chi connectivity index (χ4n) is 0.912. The molecule has 0 saturated heterocycles. The molecule has 0 aromatic rings. The van der Waals surface area contributed by atoms with Gasteiger partial charge in [-0.3, -0.25) is 0 Å². The molecule has 0 radical (unpaired) electrons. The molecule has 0 aliphatic rings. The molecule has 0 aromatic heterocycles. The Hall–Kier alpha value is 0.0500. The van der Waals surface area contributed by atoms with Gasteiger partial charge < -0.3 is 5.32 Å². The van der Waals surface area contributed by atoms with Gasteiger partial charge >= 0.3 is 0 Å². The van der Waals surface area contributed by atoms with E-state index in [1.807, 2.05) is 17.8 Å². The summed E-state index contributed by atoms with van der Waals surface area (Å²) in [5.41, 5.74) is 0. The van der Waals surface area contributed by atoms with Crippen molar-refractivity contribution in [2.45, 2.75) is 25.8 Å². The summed E-state index contributed by atoms with van der Waals surface area (Å²) in [7, 11) is 0. The van der Waals surface area contributed by atoms with Gasteiger partial charge in [0.05, 0.1) is 0 Å². The topological polar surface area (TPSA) is 12.0 Å². The Morgan fingerprint density at radius 3 is 2.82 bits per heavy atom. The van der Waals surface area contributed by atoms with Crippen LogP contribution in [0.15, 0.2) is 12.7 Å². The van der Waals surface area contributed by atoms with Crippen LogP contribution in [0.3, 0.4) is 0 Å². The Bertz CT molecular complexity index is 93.6. The quantitative estimate of drug-likeness (QED) is 0.468. The van der Waals surface area contributed by atoms with E-state index in [-0.39, 0.29) is 0 Å². The highest BCUT2D eigenvalue weighted by Gasteiger charge is 2.01. The van der Waals surface area contributed by atoms with E-state index < -0.39 is 0 Å². The van der Waals surface area contributed by atoms with Crippen molar-refractivity contribution in [3.63, 3.8) is 0 Å². The summed E-state index contributed by atoms with van der Waals surface area (Å²) in [6.45, 7) is 6.98. The molecule has 0 aromatic carbocycles. The summed E-state index contributed by atoms with van der Waals surface area (Å²) < 4.78 is 0. The average molecular weight is 173 g/mol. The second-order valence-corrected chi connectivity index (χ2v) is 3.50. The minimum atomic E-state index is 0.685. The lowest BCUT2D eigenvalue weighted by atomic mass is 10.2. The normalized spacial score (nSPS) is 12.9. The Balaban J connectivity index is 3.27. The molecule has 0 heterocycles. The number of thioether (sulfide) groups is 1. The van der Waals surface area contributed by atoms with Crippen molar-refractivity contribution in [2.75, 3.05) is 18.6 Å². The molecule has 0 aliphatic heterocycles. The maximum absolute atomic E-state index is 3.68. The van der Waals surface area contributed by atoms with Crippen LogP contribution in [0.25, 0.3) is 0 Å². The van der Waals surface area contributed by atoms with Gasteiger partial charge in [-0.15, -0.1) is 6.58 Å². The van der Waals surface area contributed by atoms with Gasteiger partial charge in [0, 0.05) is 11.8 Å². The molecule has 0 aliphatic carbocycles. The van der Waals surface area contributed by atoms with Crippen molar-refractivity contribution >= 4 is 11.8 Å². The first-order chi connectivity index (χ1) is 5.35. The van der Waals surface area contributed by atoms with E-state index in [1.165, 1.54) is 12.2 Å². The first kappa shape index (κ1) is 11.1. The highest BCUT2D eigenvalue weighted by atomic mass is 32.2. The Labute approximate surface area is 74.6 Å². The molecule has 11 heavy (non-hydrogen) atoms. The lowest BCUT2D eigenvalue weighted by Gasteiger charge is -2.14. The fourth-order valence-corrected chi connectivity index (χ4v) is 1.67. The van der Waals surface area contributed by atoms with E-state index in [4.69, 9.17) is 0 Å². The molecule has 66 valence electrons. The highest BCUT2D eigenvalue weighted by molar-refractivity contribution is 7.98. The van der Waals surface area contributed by atoms with Crippen LogP contribution in [0.5, 0.6) is 0 Å². The first-order valence-corrected chi connectivity index (χ1v) is 5.57. The van der Waals surface area contributed by atoms with Gasteiger partial charge in [-0.05, 0) is 25.6 Å². The molecule has 0 spiro atoms. The lowest BCUT2D eigenvalue weighted by Crippen LogP contribution is -2.31. The summed E-state index contributed by atoms with van der Waals surface area (Å²) >= 11 is 1.90. The standard InChI is InChI=1S/C9H19NS/c1-4-6-7-10-9(5-2)8-11-3/h4,9-10H,1,5-8H2,2-3H3. The third kappa shape index (κ3) is 6.45. The van der Waals surface area contributed by atoms with Crippen molar-refractivity contribution in [1.29, 1.82) is 0 Å². The van der Waals surface area contributed by atoms with Crippen LogP contribution < -0.4 is 5.32 Å². The number of rotatable bonds is 7. The van der Waals surface area contributed by atoms with Crippen LogP contribution in [0, 0.1) is 0 Å². The maximum atomic E-state index is 3.68. The third-order valence-electron chi connectivity index (χ3n) is 1.64. The monoisotopic (exact) mass is 173 g/mol. The van der Waals surface area contributed by atoms with Crippen LogP contribution in [-0.4, -0.2) is 24.6 Å². The number of hydrogen-bond donors (Lipinski definition) is 1. The molecular weight excluding hydrogens is 154 g/mol. The molecule has 0 amide bonds. The lowest BCUT2D eigenvalue weighted by molar-refractivity contribution is 0.548. The van der Waals surface area contributed by atoms with Gasteiger partial charge in [0.25, 0.3) is 0 Å². The molecule has 1 atom stereocenters. The van der Waals surface area contributed by atoms with Crippen LogP contribution in [0.4, 0.5) is 0 Å². The van der Waals surface area contributed by atoms with Crippen molar-refractivity contribution in [3.05, 3.63) is 12.7 Å². The van der Waals surface area contributed by atoms with Crippen LogP contribution >= 0.6 is 11.8 Å². The molecule has 2 heteroatoms. The Morgan fingerprint density at radius 2 is 2.36 bits per heavy atom. The summed E-state index contributed by atoms with van der Waals surface area (Å²) in [6, 6.07) is 0.685. The molecule has 0 saturated carbocycles. The Kier molecular flexibility index (Phi) is 8.19. The van der Waals surface area contributed by atoms with Crippen molar-refractivity contribution in [2.24, 2.45) is 0 Å². The smallest absolute Gasteiger partial charge is 0.0155 e.